The van der Waals surface area contributed by atoms with E-state index in [1.54, 1.807) is 12.3 Å². The highest BCUT2D eigenvalue weighted by molar-refractivity contribution is 5.52. The van der Waals surface area contributed by atoms with Crippen molar-refractivity contribution < 1.29 is 9.13 Å². The first-order valence-electron chi connectivity index (χ1n) is 5.92. The van der Waals surface area contributed by atoms with Crippen LogP contribution in [0.4, 0.5) is 10.3 Å². The summed E-state index contributed by atoms with van der Waals surface area (Å²) < 4.78 is 20.3. The quantitative estimate of drug-likeness (QED) is 0.902. The predicted molar refractivity (Wildman–Crippen MR) is 66.7 cm³/mol. The van der Waals surface area contributed by atoms with Gasteiger partial charge in [0.1, 0.15) is 11.6 Å². The molecule has 1 aliphatic carbocycles. The van der Waals surface area contributed by atoms with Gasteiger partial charge in [0.15, 0.2) is 0 Å². The van der Waals surface area contributed by atoms with Crippen LogP contribution in [-0.4, -0.2) is 22.7 Å². The van der Waals surface area contributed by atoms with Gasteiger partial charge in [-0.15, -0.1) is 0 Å². The van der Waals surface area contributed by atoms with Crippen molar-refractivity contribution >= 4 is 5.95 Å². The minimum Gasteiger partial charge on any atom is -0.494 e. The second-order valence-electron chi connectivity index (χ2n) is 4.36. The van der Waals surface area contributed by atoms with Crippen molar-refractivity contribution in [2.45, 2.75) is 18.9 Å². The molecule has 0 atom stereocenters. The number of rotatable bonds is 4. The summed E-state index contributed by atoms with van der Waals surface area (Å²) in [5.41, 5.74) is 0.777. The monoisotopic (exact) mass is 247 g/mol. The SMILES string of the molecule is COc1cc(F)ccc1-n1ccnc1NC1CC1. The van der Waals surface area contributed by atoms with E-state index in [4.69, 9.17) is 4.74 Å². The topological polar surface area (TPSA) is 39.1 Å². The lowest BCUT2D eigenvalue weighted by atomic mass is 10.3. The lowest BCUT2D eigenvalue weighted by Gasteiger charge is -2.12. The van der Waals surface area contributed by atoms with Gasteiger partial charge in [0, 0.05) is 24.5 Å². The van der Waals surface area contributed by atoms with Gasteiger partial charge in [-0.3, -0.25) is 4.57 Å². The van der Waals surface area contributed by atoms with Crippen molar-refractivity contribution in [3.8, 4) is 11.4 Å². The number of nitrogens with one attached hydrogen (secondary N) is 1. The molecule has 0 aliphatic heterocycles. The number of imidazole rings is 1. The molecule has 0 saturated heterocycles. The first-order chi connectivity index (χ1) is 8.78. The van der Waals surface area contributed by atoms with Crippen molar-refractivity contribution in [2.75, 3.05) is 12.4 Å². The number of hydrogen-bond acceptors (Lipinski definition) is 3. The van der Waals surface area contributed by atoms with Crippen LogP contribution in [0.2, 0.25) is 0 Å². The van der Waals surface area contributed by atoms with Gasteiger partial charge in [-0.05, 0) is 25.0 Å². The average molecular weight is 247 g/mol. The first kappa shape index (κ1) is 11.1. The first-order valence-corrected chi connectivity index (χ1v) is 5.92. The Bertz CT molecular complexity index is 563. The molecule has 0 bridgehead atoms. The Morgan fingerprint density at radius 3 is 3.00 bits per heavy atom. The van der Waals surface area contributed by atoms with Crippen LogP contribution >= 0.6 is 0 Å². The number of nitrogens with zero attached hydrogens (tertiary/aromatic N) is 2. The van der Waals surface area contributed by atoms with Crippen LogP contribution in [0.1, 0.15) is 12.8 Å². The van der Waals surface area contributed by atoms with E-state index < -0.39 is 0 Å². The summed E-state index contributed by atoms with van der Waals surface area (Å²) >= 11 is 0. The number of methoxy groups -OCH3 is 1. The molecule has 18 heavy (non-hydrogen) atoms. The van der Waals surface area contributed by atoms with Crippen molar-refractivity contribution in [2.24, 2.45) is 0 Å². The van der Waals surface area contributed by atoms with E-state index in [0.29, 0.717) is 11.8 Å². The molecule has 1 aromatic heterocycles. The lowest BCUT2D eigenvalue weighted by Crippen LogP contribution is -2.08. The molecule has 1 saturated carbocycles. The molecular weight excluding hydrogens is 233 g/mol. The molecule has 94 valence electrons. The van der Waals surface area contributed by atoms with Gasteiger partial charge >= 0.3 is 0 Å². The normalized spacial score (nSPS) is 14.6. The molecule has 4 nitrogen and oxygen atoms in total. The summed E-state index contributed by atoms with van der Waals surface area (Å²) in [6.07, 6.45) is 5.90. The summed E-state index contributed by atoms with van der Waals surface area (Å²) in [7, 11) is 1.53. The Morgan fingerprint density at radius 1 is 1.44 bits per heavy atom. The van der Waals surface area contributed by atoms with E-state index in [2.05, 4.69) is 10.3 Å². The van der Waals surface area contributed by atoms with Crippen LogP contribution in [0.25, 0.3) is 5.69 Å². The summed E-state index contributed by atoms with van der Waals surface area (Å²) in [5, 5.41) is 3.33. The van der Waals surface area contributed by atoms with Crippen LogP contribution in [0.3, 0.4) is 0 Å². The van der Waals surface area contributed by atoms with E-state index in [0.717, 1.165) is 11.6 Å². The highest BCUT2D eigenvalue weighted by Gasteiger charge is 2.23. The molecule has 1 N–H and O–H groups in total. The van der Waals surface area contributed by atoms with E-state index in [1.807, 2.05) is 10.8 Å². The van der Waals surface area contributed by atoms with Crippen LogP contribution in [0.5, 0.6) is 5.75 Å². The molecule has 1 aromatic carbocycles. The van der Waals surface area contributed by atoms with Gasteiger partial charge in [0.05, 0.1) is 12.8 Å². The number of halogens is 1. The van der Waals surface area contributed by atoms with Crippen molar-refractivity contribution in [3.63, 3.8) is 0 Å². The van der Waals surface area contributed by atoms with E-state index in [1.165, 1.54) is 32.1 Å². The fraction of sp³-hybridized carbons (Fsp3) is 0.308. The maximum Gasteiger partial charge on any atom is 0.207 e. The Morgan fingerprint density at radius 2 is 2.28 bits per heavy atom. The maximum atomic E-state index is 13.2. The van der Waals surface area contributed by atoms with Crippen LogP contribution < -0.4 is 10.1 Å². The largest absolute Gasteiger partial charge is 0.494 e. The van der Waals surface area contributed by atoms with Gasteiger partial charge in [-0.1, -0.05) is 0 Å². The fourth-order valence-corrected chi connectivity index (χ4v) is 1.87. The van der Waals surface area contributed by atoms with Gasteiger partial charge in [0.25, 0.3) is 0 Å². The predicted octanol–water partition coefficient (Wildman–Crippen LogP) is 2.59. The number of anilines is 1. The molecule has 1 heterocycles. The molecule has 2 aromatic rings. The molecular formula is C13H14FN3O. The zero-order valence-electron chi connectivity index (χ0n) is 10.1. The fourth-order valence-electron chi connectivity index (χ4n) is 1.87. The third kappa shape index (κ3) is 2.03. The molecule has 1 fully saturated rings. The zero-order valence-corrected chi connectivity index (χ0v) is 10.1. The molecule has 0 spiro atoms. The van der Waals surface area contributed by atoms with Gasteiger partial charge in [-0.25, -0.2) is 9.37 Å². The van der Waals surface area contributed by atoms with Crippen molar-refractivity contribution in [1.29, 1.82) is 0 Å². The van der Waals surface area contributed by atoms with E-state index >= 15 is 0 Å². The van der Waals surface area contributed by atoms with E-state index in [9.17, 15) is 4.39 Å². The number of benzene rings is 1. The maximum absolute atomic E-state index is 13.2. The van der Waals surface area contributed by atoms with Crippen LogP contribution in [0, 0.1) is 5.82 Å². The smallest absolute Gasteiger partial charge is 0.207 e. The van der Waals surface area contributed by atoms with Crippen LogP contribution in [0.15, 0.2) is 30.6 Å². The van der Waals surface area contributed by atoms with Gasteiger partial charge < -0.3 is 10.1 Å². The highest BCUT2D eigenvalue weighted by Crippen LogP contribution is 2.29. The second kappa shape index (κ2) is 4.33. The Balaban J connectivity index is 2.00. The Kier molecular flexibility index (Phi) is 2.66. The summed E-state index contributed by atoms with van der Waals surface area (Å²) in [6.45, 7) is 0. The van der Waals surface area contributed by atoms with Gasteiger partial charge in [0.2, 0.25) is 5.95 Å². The number of ether oxygens (including phenoxy) is 1. The minimum atomic E-state index is -0.313. The van der Waals surface area contributed by atoms with Crippen molar-refractivity contribution in [1.82, 2.24) is 9.55 Å². The lowest BCUT2D eigenvalue weighted by molar-refractivity contribution is 0.409. The van der Waals surface area contributed by atoms with Gasteiger partial charge in [-0.2, -0.15) is 0 Å². The van der Waals surface area contributed by atoms with E-state index in [-0.39, 0.29) is 5.82 Å². The Hall–Kier alpha value is -2.04. The van der Waals surface area contributed by atoms with Crippen LogP contribution in [-0.2, 0) is 0 Å². The molecule has 5 heteroatoms. The zero-order chi connectivity index (χ0) is 12.5. The molecule has 3 rings (SSSR count). The summed E-state index contributed by atoms with van der Waals surface area (Å²) in [6, 6.07) is 4.99. The molecule has 0 unspecified atom stereocenters. The third-order valence-corrected chi connectivity index (χ3v) is 2.95. The third-order valence-electron chi connectivity index (χ3n) is 2.95. The molecule has 1 aliphatic rings. The summed E-state index contributed by atoms with van der Waals surface area (Å²) in [4.78, 5) is 4.27. The standard InChI is InChI=1S/C13H14FN3O/c1-18-12-8-9(14)2-5-11(12)17-7-6-15-13(17)16-10-3-4-10/h2,5-8,10H,3-4H2,1H3,(H,15,16). The number of aromatic nitrogens is 2. The number of hydrogen-bond donors (Lipinski definition) is 1. The minimum absolute atomic E-state index is 0.313. The van der Waals surface area contributed by atoms with Crippen molar-refractivity contribution in [3.05, 3.63) is 36.4 Å². The average Bonchev–Trinajstić information content (AvgIpc) is 3.07. The molecule has 0 amide bonds. The Labute approximate surface area is 104 Å². The molecule has 0 radical (unpaired) electrons. The summed E-state index contributed by atoms with van der Waals surface area (Å²) in [5.74, 6) is 0.946. The second-order valence-corrected chi connectivity index (χ2v) is 4.36. The highest BCUT2D eigenvalue weighted by atomic mass is 19.1.